The second-order valence-electron chi connectivity index (χ2n) is 7.23. The average Bonchev–Trinajstić information content (AvgIpc) is 3.21. The smallest absolute Gasteiger partial charge is 0.414 e. The first-order valence-electron chi connectivity index (χ1n) is 9.54. The lowest BCUT2D eigenvalue weighted by molar-refractivity contribution is -0.159. The number of nitrogens with one attached hydrogen (secondary N) is 1. The van der Waals surface area contributed by atoms with Crippen LogP contribution in [0.15, 0.2) is 24.3 Å². The highest BCUT2D eigenvalue weighted by molar-refractivity contribution is 6.27. The topological polar surface area (TPSA) is 116 Å². The van der Waals surface area contributed by atoms with Crippen molar-refractivity contribution in [2.75, 3.05) is 31.6 Å². The summed E-state index contributed by atoms with van der Waals surface area (Å²) in [5, 5.41) is 17.5. The molecule has 1 amide bonds. The molecular weight excluding hydrogens is 364 g/mol. The van der Waals surface area contributed by atoms with E-state index in [0.717, 1.165) is 42.8 Å². The molecule has 3 N–H and O–H groups in total. The lowest BCUT2D eigenvalue weighted by atomic mass is 10.0. The third-order valence-corrected chi connectivity index (χ3v) is 5.05. The van der Waals surface area contributed by atoms with Crippen LogP contribution >= 0.6 is 0 Å². The van der Waals surface area contributed by atoms with Gasteiger partial charge in [-0.2, -0.15) is 0 Å². The van der Waals surface area contributed by atoms with Crippen LogP contribution in [0.3, 0.4) is 0 Å². The zero-order valence-corrected chi connectivity index (χ0v) is 16.1. The minimum absolute atomic E-state index is 0.0518. The number of likely N-dealkylation sites (tertiary alicyclic amines) is 1. The summed E-state index contributed by atoms with van der Waals surface area (Å²) in [6.45, 7) is 6.02. The number of carbonyl (C=O) groups is 3. The highest BCUT2D eigenvalue weighted by atomic mass is 16.5. The Kier molecular flexibility index (Phi) is 8.25. The van der Waals surface area contributed by atoms with Crippen LogP contribution in [0, 0.1) is 11.8 Å². The predicted octanol–water partition coefficient (Wildman–Crippen LogP) is 2.30. The zero-order chi connectivity index (χ0) is 20.5. The summed E-state index contributed by atoms with van der Waals surface area (Å²) in [6.07, 6.45) is 5.41. The van der Waals surface area contributed by atoms with E-state index in [1.54, 1.807) is 0 Å². The molecule has 1 saturated heterocycles. The fourth-order valence-corrected chi connectivity index (χ4v) is 3.83. The molecule has 2 atom stereocenters. The van der Waals surface area contributed by atoms with Crippen molar-refractivity contribution in [2.24, 2.45) is 11.8 Å². The number of carbonyl (C=O) groups excluding carboxylic acids is 1. The quantitative estimate of drug-likeness (QED) is 0.502. The van der Waals surface area contributed by atoms with E-state index in [-0.39, 0.29) is 5.91 Å². The molecule has 8 nitrogen and oxygen atoms in total. The van der Waals surface area contributed by atoms with E-state index in [1.165, 1.54) is 39.3 Å². The Balaban J connectivity index is 0.000000409. The minimum atomic E-state index is -1.82. The number of fused-ring (bicyclic) bond motifs is 1. The fraction of sp³-hybridized carbons (Fsp3) is 0.550. The highest BCUT2D eigenvalue weighted by Crippen LogP contribution is 2.37. The van der Waals surface area contributed by atoms with Gasteiger partial charge in [0.15, 0.2) is 0 Å². The lowest BCUT2D eigenvalue weighted by Gasteiger charge is -2.16. The molecule has 1 saturated carbocycles. The largest absolute Gasteiger partial charge is 0.494 e. The molecule has 1 aliphatic heterocycles. The van der Waals surface area contributed by atoms with Crippen LogP contribution in [0.1, 0.15) is 32.6 Å². The number of carboxylic acids is 2. The molecule has 1 heterocycles. The van der Waals surface area contributed by atoms with Gasteiger partial charge in [0.25, 0.3) is 0 Å². The van der Waals surface area contributed by atoms with E-state index in [9.17, 15) is 4.79 Å². The highest BCUT2D eigenvalue weighted by Gasteiger charge is 2.35. The number of aliphatic carboxylic acids is 2. The Morgan fingerprint density at radius 1 is 1.07 bits per heavy atom. The molecule has 0 bridgehead atoms. The van der Waals surface area contributed by atoms with E-state index in [1.807, 2.05) is 24.3 Å². The van der Waals surface area contributed by atoms with Crippen molar-refractivity contribution < 1.29 is 29.3 Å². The van der Waals surface area contributed by atoms with Gasteiger partial charge in [-0.25, -0.2) is 9.59 Å². The van der Waals surface area contributed by atoms with Crippen molar-refractivity contribution >= 4 is 23.5 Å². The second kappa shape index (κ2) is 10.7. The molecule has 8 heteroatoms. The lowest BCUT2D eigenvalue weighted by Crippen LogP contribution is -2.24. The van der Waals surface area contributed by atoms with Crippen molar-refractivity contribution in [3.05, 3.63) is 24.3 Å². The Morgan fingerprint density at radius 2 is 1.64 bits per heavy atom. The number of ether oxygens (including phenoxy) is 1. The Bertz CT molecular complexity index is 652. The number of carboxylic acid groups (broad SMARTS) is 2. The Labute approximate surface area is 164 Å². The van der Waals surface area contributed by atoms with Crippen LogP contribution in [0.5, 0.6) is 5.75 Å². The SMILES string of the molecule is CC(=O)Nc1ccc(OCCCN2CC3CCCC3C2)cc1.O=C(O)C(=O)O. The van der Waals surface area contributed by atoms with Crippen LogP contribution in [0.2, 0.25) is 0 Å². The maximum Gasteiger partial charge on any atom is 0.414 e. The monoisotopic (exact) mass is 392 g/mol. The first kappa shape index (κ1) is 21.7. The van der Waals surface area contributed by atoms with E-state index in [0.29, 0.717) is 0 Å². The predicted molar refractivity (Wildman–Crippen MR) is 103 cm³/mol. The summed E-state index contributed by atoms with van der Waals surface area (Å²) in [4.78, 5) is 31.8. The summed E-state index contributed by atoms with van der Waals surface area (Å²) in [5.41, 5.74) is 0.809. The summed E-state index contributed by atoms with van der Waals surface area (Å²) in [5.74, 6) is -0.883. The molecule has 2 aliphatic rings. The maximum atomic E-state index is 11.0. The summed E-state index contributed by atoms with van der Waals surface area (Å²) >= 11 is 0. The number of hydrogen-bond acceptors (Lipinski definition) is 5. The van der Waals surface area contributed by atoms with Gasteiger partial charge in [0.2, 0.25) is 5.91 Å². The van der Waals surface area contributed by atoms with Gasteiger partial charge in [0.05, 0.1) is 6.61 Å². The van der Waals surface area contributed by atoms with Gasteiger partial charge in [-0.3, -0.25) is 4.79 Å². The molecule has 1 aromatic carbocycles. The molecule has 28 heavy (non-hydrogen) atoms. The van der Waals surface area contributed by atoms with Crippen molar-refractivity contribution in [2.45, 2.75) is 32.6 Å². The van der Waals surface area contributed by atoms with Gasteiger partial charge in [0, 0.05) is 32.2 Å². The molecular formula is C20H28N2O6. The zero-order valence-electron chi connectivity index (χ0n) is 16.1. The number of rotatable bonds is 6. The first-order chi connectivity index (χ1) is 13.3. The second-order valence-corrected chi connectivity index (χ2v) is 7.23. The van der Waals surface area contributed by atoms with Crippen LogP contribution < -0.4 is 10.1 Å². The van der Waals surface area contributed by atoms with Crippen molar-refractivity contribution in [3.63, 3.8) is 0 Å². The summed E-state index contributed by atoms with van der Waals surface area (Å²) in [7, 11) is 0. The van der Waals surface area contributed by atoms with Gasteiger partial charge < -0.3 is 25.2 Å². The number of nitrogens with zero attached hydrogens (tertiary/aromatic N) is 1. The van der Waals surface area contributed by atoms with Gasteiger partial charge in [-0.05, 0) is 55.4 Å². The third-order valence-electron chi connectivity index (χ3n) is 5.05. The number of amides is 1. The maximum absolute atomic E-state index is 11.0. The van der Waals surface area contributed by atoms with Gasteiger partial charge in [-0.1, -0.05) is 6.42 Å². The van der Waals surface area contributed by atoms with Crippen molar-refractivity contribution in [1.82, 2.24) is 4.90 Å². The molecule has 2 unspecified atom stereocenters. The molecule has 154 valence electrons. The molecule has 1 aromatic rings. The Morgan fingerprint density at radius 3 is 2.14 bits per heavy atom. The van der Waals surface area contributed by atoms with Crippen LogP contribution in [-0.2, 0) is 14.4 Å². The minimum Gasteiger partial charge on any atom is -0.494 e. The molecule has 0 spiro atoms. The molecule has 2 fully saturated rings. The van der Waals surface area contributed by atoms with Crippen molar-refractivity contribution in [1.29, 1.82) is 0 Å². The van der Waals surface area contributed by atoms with E-state index < -0.39 is 11.9 Å². The van der Waals surface area contributed by atoms with Crippen LogP contribution in [0.4, 0.5) is 5.69 Å². The van der Waals surface area contributed by atoms with Gasteiger partial charge >= 0.3 is 11.9 Å². The normalized spacial score (nSPS) is 20.6. The third kappa shape index (κ3) is 7.19. The summed E-state index contributed by atoms with van der Waals surface area (Å²) < 4.78 is 5.78. The van der Waals surface area contributed by atoms with Gasteiger partial charge in [0.1, 0.15) is 5.75 Å². The van der Waals surface area contributed by atoms with Gasteiger partial charge in [-0.15, -0.1) is 0 Å². The van der Waals surface area contributed by atoms with Crippen LogP contribution in [0.25, 0.3) is 0 Å². The standard InChI is InChI=1S/C18H26N2O2.C2H2O4/c1-14(21)19-17-6-8-18(9-7-17)22-11-3-10-20-12-15-4-2-5-16(15)13-20;3-1(4)2(5)6/h6-9,15-16H,2-5,10-13H2,1H3,(H,19,21);(H,3,4)(H,5,6). The van der Waals surface area contributed by atoms with Crippen molar-refractivity contribution in [3.8, 4) is 5.75 Å². The van der Waals surface area contributed by atoms with Crippen LogP contribution in [-0.4, -0.2) is 59.2 Å². The Hall–Kier alpha value is -2.61. The van der Waals surface area contributed by atoms with E-state index in [4.69, 9.17) is 24.5 Å². The molecule has 3 rings (SSSR count). The number of hydrogen-bond donors (Lipinski definition) is 3. The van der Waals surface area contributed by atoms with E-state index >= 15 is 0 Å². The molecule has 0 radical (unpaired) electrons. The summed E-state index contributed by atoms with van der Waals surface area (Å²) in [6, 6.07) is 7.56. The number of anilines is 1. The molecule has 0 aromatic heterocycles. The number of benzene rings is 1. The fourth-order valence-electron chi connectivity index (χ4n) is 3.83. The average molecular weight is 392 g/mol. The first-order valence-corrected chi connectivity index (χ1v) is 9.54. The molecule has 1 aliphatic carbocycles. The van der Waals surface area contributed by atoms with E-state index in [2.05, 4.69) is 10.2 Å².